The SMILES string of the molecule is CCOc1ccc(N(CC)C(=O)CCS(=O)(=O)c2cc3c(cc2Br)CCN3C(=O)CC)cc1. The second-order valence-corrected chi connectivity index (χ2v) is 10.6. The van der Waals surface area contributed by atoms with E-state index < -0.39 is 9.84 Å². The number of hydrogen-bond donors (Lipinski definition) is 0. The Morgan fingerprint density at radius 1 is 1.12 bits per heavy atom. The Balaban J connectivity index is 1.76. The van der Waals surface area contributed by atoms with Gasteiger partial charge in [0.05, 0.1) is 17.3 Å². The van der Waals surface area contributed by atoms with Crippen molar-refractivity contribution in [2.75, 3.05) is 35.2 Å². The average Bonchev–Trinajstić information content (AvgIpc) is 3.21. The van der Waals surface area contributed by atoms with E-state index in [9.17, 15) is 18.0 Å². The summed E-state index contributed by atoms with van der Waals surface area (Å²) in [4.78, 5) is 28.4. The van der Waals surface area contributed by atoms with Crippen molar-refractivity contribution in [1.29, 1.82) is 0 Å². The zero-order valence-corrected chi connectivity index (χ0v) is 21.5. The van der Waals surface area contributed by atoms with Crippen LogP contribution >= 0.6 is 15.9 Å². The molecule has 0 radical (unpaired) electrons. The molecule has 3 rings (SSSR count). The molecule has 7 nitrogen and oxygen atoms in total. The van der Waals surface area contributed by atoms with E-state index in [2.05, 4.69) is 15.9 Å². The number of carbonyl (C=O) groups is 2. The lowest BCUT2D eigenvalue weighted by Crippen LogP contribution is -2.32. The number of anilines is 2. The molecular weight excluding hydrogens is 508 g/mol. The van der Waals surface area contributed by atoms with Gasteiger partial charge in [-0.1, -0.05) is 6.92 Å². The fraction of sp³-hybridized carbons (Fsp3) is 0.417. The summed E-state index contributed by atoms with van der Waals surface area (Å²) in [7, 11) is -3.75. The smallest absolute Gasteiger partial charge is 0.228 e. The minimum atomic E-state index is -3.75. The van der Waals surface area contributed by atoms with Crippen LogP contribution in [0.2, 0.25) is 0 Å². The molecule has 9 heteroatoms. The molecule has 0 unspecified atom stereocenters. The summed E-state index contributed by atoms with van der Waals surface area (Å²) in [6.07, 6.45) is 0.890. The quantitative estimate of drug-likeness (QED) is 0.475. The van der Waals surface area contributed by atoms with Crippen molar-refractivity contribution in [2.45, 2.75) is 44.9 Å². The summed E-state index contributed by atoms with van der Waals surface area (Å²) in [5.41, 5.74) is 2.27. The summed E-state index contributed by atoms with van der Waals surface area (Å²) < 4.78 is 32.2. The van der Waals surface area contributed by atoms with Gasteiger partial charge in [-0.05, 0) is 78.2 Å². The van der Waals surface area contributed by atoms with Crippen LogP contribution in [0.25, 0.3) is 0 Å². The molecule has 2 aromatic rings. The maximum atomic E-state index is 13.1. The van der Waals surface area contributed by atoms with E-state index in [4.69, 9.17) is 4.74 Å². The van der Waals surface area contributed by atoms with Gasteiger partial charge in [0, 0.05) is 41.8 Å². The highest BCUT2D eigenvalue weighted by molar-refractivity contribution is 9.10. The molecule has 1 heterocycles. The standard InChI is InChI=1S/C24H29BrN2O5S/c1-4-23(28)27-13-11-17-15-20(25)22(16-21(17)27)33(30,31)14-12-24(29)26(5-2)18-7-9-19(10-8-18)32-6-3/h7-10,15-16H,4-6,11-14H2,1-3H3. The summed E-state index contributed by atoms with van der Waals surface area (Å²) >= 11 is 3.38. The molecule has 0 saturated heterocycles. The highest BCUT2D eigenvalue weighted by Gasteiger charge is 2.29. The molecule has 2 amide bonds. The van der Waals surface area contributed by atoms with Crippen LogP contribution < -0.4 is 14.5 Å². The van der Waals surface area contributed by atoms with Crippen LogP contribution in [-0.4, -0.2) is 45.7 Å². The van der Waals surface area contributed by atoms with Gasteiger partial charge in [-0.15, -0.1) is 0 Å². The highest BCUT2D eigenvalue weighted by atomic mass is 79.9. The normalized spacial score (nSPS) is 13.0. The molecule has 0 aromatic heterocycles. The number of carbonyl (C=O) groups excluding carboxylic acids is 2. The Labute approximate surface area is 203 Å². The lowest BCUT2D eigenvalue weighted by molar-refractivity contribution is -0.119. The molecule has 1 aliphatic rings. The van der Waals surface area contributed by atoms with Gasteiger partial charge in [0.1, 0.15) is 5.75 Å². The Kier molecular flexibility index (Phi) is 8.18. The minimum Gasteiger partial charge on any atom is -0.494 e. The van der Waals surface area contributed by atoms with Crippen molar-refractivity contribution < 1.29 is 22.7 Å². The molecule has 0 fully saturated rings. The number of halogens is 1. The van der Waals surface area contributed by atoms with Crippen molar-refractivity contribution >= 4 is 49.0 Å². The first-order valence-electron chi connectivity index (χ1n) is 11.1. The number of fused-ring (bicyclic) bond motifs is 1. The van der Waals surface area contributed by atoms with Gasteiger partial charge in [-0.25, -0.2) is 8.42 Å². The molecule has 1 aliphatic heterocycles. The Bertz CT molecular complexity index is 1130. The predicted molar refractivity (Wildman–Crippen MR) is 133 cm³/mol. The summed E-state index contributed by atoms with van der Waals surface area (Å²) in [6, 6.07) is 10.5. The fourth-order valence-corrected chi connectivity index (χ4v) is 6.38. The maximum Gasteiger partial charge on any atom is 0.228 e. The Hall–Kier alpha value is -2.39. The molecule has 178 valence electrons. The van der Waals surface area contributed by atoms with Gasteiger partial charge in [0.15, 0.2) is 9.84 Å². The first kappa shape index (κ1) is 25.2. The zero-order valence-electron chi connectivity index (χ0n) is 19.1. The summed E-state index contributed by atoms with van der Waals surface area (Å²) in [5, 5.41) is 0. The van der Waals surface area contributed by atoms with Gasteiger partial charge < -0.3 is 14.5 Å². The van der Waals surface area contributed by atoms with E-state index in [1.807, 2.05) is 13.8 Å². The Morgan fingerprint density at radius 2 is 1.82 bits per heavy atom. The van der Waals surface area contributed by atoms with Crippen molar-refractivity contribution in [2.24, 2.45) is 0 Å². The van der Waals surface area contributed by atoms with Crippen LogP contribution in [0.5, 0.6) is 5.75 Å². The number of ether oxygens (including phenoxy) is 1. The third-order valence-corrected chi connectivity index (χ3v) is 8.30. The third kappa shape index (κ3) is 5.58. The van der Waals surface area contributed by atoms with Gasteiger partial charge >= 0.3 is 0 Å². The van der Waals surface area contributed by atoms with E-state index in [1.54, 1.807) is 53.1 Å². The molecule has 2 aromatic carbocycles. The number of amides is 2. The number of benzene rings is 2. The number of sulfone groups is 1. The number of hydrogen-bond acceptors (Lipinski definition) is 5. The largest absolute Gasteiger partial charge is 0.494 e. The van der Waals surface area contributed by atoms with Crippen LogP contribution in [-0.2, 0) is 25.8 Å². The van der Waals surface area contributed by atoms with Gasteiger partial charge in [-0.3, -0.25) is 9.59 Å². The molecule has 0 atom stereocenters. The second kappa shape index (κ2) is 10.7. The monoisotopic (exact) mass is 536 g/mol. The molecule has 0 saturated carbocycles. The first-order chi connectivity index (χ1) is 15.7. The summed E-state index contributed by atoms with van der Waals surface area (Å²) in [6.45, 7) is 7.05. The van der Waals surface area contributed by atoms with Crippen molar-refractivity contribution in [3.63, 3.8) is 0 Å². The van der Waals surface area contributed by atoms with E-state index in [1.165, 1.54) is 0 Å². The number of rotatable bonds is 9. The van der Waals surface area contributed by atoms with Crippen LogP contribution in [0.3, 0.4) is 0 Å². The van der Waals surface area contributed by atoms with E-state index in [-0.39, 0.29) is 28.9 Å². The fourth-order valence-electron chi connectivity index (χ4n) is 3.93. The van der Waals surface area contributed by atoms with Crippen molar-refractivity contribution in [3.8, 4) is 5.75 Å². The maximum absolute atomic E-state index is 13.1. The van der Waals surface area contributed by atoms with Gasteiger partial charge in [-0.2, -0.15) is 0 Å². The van der Waals surface area contributed by atoms with Crippen LogP contribution in [0.1, 0.15) is 39.2 Å². The van der Waals surface area contributed by atoms with E-state index in [0.29, 0.717) is 54.1 Å². The highest BCUT2D eigenvalue weighted by Crippen LogP contribution is 2.36. The first-order valence-corrected chi connectivity index (χ1v) is 13.5. The minimum absolute atomic E-state index is 0.0384. The third-order valence-electron chi connectivity index (χ3n) is 5.63. The van der Waals surface area contributed by atoms with Crippen LogP contribution in [0.15, 0.2) is 45.8 Å². The van der Waals surface area contributed by atoms with Gasteiger partial charge in [0.25, 0.3) is 0 Å². The lowest BCUT2D eigenvalue weighted by Gasteiger charge is -2.22. The van der Waals surface area contributed by atoms with Crippen molar-refractivity contribution in [1.82, 2.24) is 0 Å². The van der Waals surface area contributed by atoms with E-state index in [0.717, 1.165) is 5.56 Å². The lowest BCUT2D eigenvalue weighted by atomic mass is 10.2. The van der Waals surface area contributed by atoms with Crippen molar-refractivity contribution in [3.05, 3.63) is 46.4 Å². The van der Waals surface area contributed by atoms with Crippen LogP contribution in [0.4, 0.5) is 11.4 Å². The molecule has 33 heavy (non-hydrogen) atoms. The Morgan fingerprint density at radius 3 is 2.42 bits per heavy atom. The van der Waals surface area contributed by atoms with E-state index >= 15 is 0 Å². The summed E-state index contributed by atoms with van der Waals surface area (Å²) in [5.74, 6) is 0.0802. The average molecular weight is 537 g/mol. The molecule has 0 N–H and O–H groups in total. The zero-order chi connectivity index (χ0) is 24.2. The molecule has 0 bridgehead atoms. The second-order valence-electron chi connectivity index (χ2n) is 7.69. The van der Waals surface area contributed by atoms with Gasteiger partial charge in [0.2, 0.25) is 11.8 Å². The molecular formula is C24H29BrN2O5S. The van der Waals surface area contributed by atoms with Crippen LogP contribution in [0, 0.1) is 0 Å². The number of nitrogens with zero attached hydrogens (tertiary/aromatic N) is 2. The topological polar surface area (TPSA) is 84.0 Å². The predicted octanol–water partition coefficient (Wildman–Crippen LogP) is 4.36. The molecule has 0 spiro atoms. The molecule has 0 aliphatic carbocycles.